The molecule has 0 bridgehead atoms. The maximum absolute atomic E-state index is 11.2. The van der Waals surface area contributed by atoms with Crippen LogP contribution in [-0.2, 0) is 14.3 Å². The second-order valence-electron chi connectivity index (χ2n) is 4.33. The number of rotatable bonds is 6. The van der Waals surface area contributed by atoms with E-state index in [1.54, 1.807) is 30.3 Å². The van der Waals surface area contributed by atoms with Crippen molar-refractivity contribution in [3.8, 4) is 11.5 Å². The van der Waals surface area contributed by atoms with Crippen LogP contribution in [0, 0.1) is 0 Å². The predicted octanol–water partition coefficient (Wildman–Crippen LogP) is 3.51. The van der Waals surface area contributed by atoms with Gasteiger partial charge in [0.15, 0.2) is 0 Å². The Hall–Kier alpha value is -3.34. The van der Waals surface area contributed by atoms with Gasteiger partial charge in [0.05, 0.1) is 0 Å². The van der Waals surface area contributed by atoms with Gasteiger partial charge in [-0.1, -0.05) is 25.3 Å². The number of ether oxygens (including phenoxy) is 3. The van der Waals surface area contributed by atoms with Crippen molar-refractivity contribution in [1.29, 1.82) is 0 Å². The van der Waals surface area contributed by atoms with Crippen molar-refractivity contribution in [1.82, 2.24) is 0 Å². The first-order valence-electron chi connectivity index (χ1n) is 6.65. The zero-order valence-corrected chi connectivity index (χ0v) is 12.2. The summed E-state index contributed by atoms with van der Waals surface area (Å²) in [6, 6.07) is 10.6. The van der Waals surface area contributed by atoms with Gasteiger partial charge in [-0.2, -0.15) is 0 Å². The van der Waals surface area contributed by atoms with Crippen molar-refractivity contribution in [3.63, 3.8) is 0 Å². The van der Waals surface area contributed by atoms with E-state index in [4.69, 9.17) is 9.47 Å². The van der Waals surface area contributed by atoms with E-state index in [1.807, 2.05) is 6.07 Å². The maximum atomic E-state index is 11.2. The van der Waals surface area contributed by atoms with Crippen LogP contribution in [0.25, 0.3) is 10.8 Å². The van der Waals surface area contributed by atoms with Gasteiger partial charge in [-0.15, -0.1) is 0 Å². The highest BCUT2D eigenvalue weighted by Crippen LogP contribution is 2.25. The van der Waals surface area contributed by atoms with E-state index in [1.165, 1.54) is 6.26 Å². The molecule has 2 aromatic carbocycles. The standard InChI is InChI=1S/C18H14O5/c1-3-17(19)22-10-9-21-15-7-5-14-12-16(23-18(20)4-2)8-6-13(14)11-15/h3-12H,1-2H2/b10-9-. The average molecular weight is 310 g/mol. The first-order chi connectivity index (χ1) is 11.1. The van der Waals surface area contributed by atoms with Crippen LogP contribution >= 0.6 is 0 Å². The minimum absolute atomic E-state index is 0.437. The summed E-state index contributed by atoms with van der Waals surface area (Å²) in [5.74, 6) is -0.0694. The molecule has 0 atom stereocenters. The summed E-state index contributed by atoms with van der Waals surface area (Å²) in [5, 5.41) is 1.78. The van der Waals surface area contributed by atoms with Crippen molar-refractivity contribution in [2.75, 3.05) is 0 Å². The fraction of sp³-hybridized carbons (Fsp3) is 0. The van der Waals surface area contributed by atoms with Crippen molar-refractivity contribution >= 4 is 22.7 Å². The Morgan fingerprint density at radius 1 is 0.826 bits per heavy atom. The summed E-state index contributed by atoms with van der Waals surface area (Å²) in [7, 11) is 0. The summed E-state index contributed by atoms with van der Waals surface area (Å²) in [5.41, 5.74) is 0. The molecule has 0 amide bonds. The van der Waals surface area contributed by atoms with Crippen LogP contribution in [0.4, 0.5) is 0 Å². The monoisotopic (exact) mass is 310 g/mol. The molecule has 0 aliphatic rings. The van der Waals surface area contributed by atoms with E-state index < -0.39 is 11.9 Å². The molecule has 23 heavy (non-hydrogen) atoms. The van der Waals surface area contributed by atoms with Crippen LogP contribution in [0.5, 0.6) is 11.5 Å². The molecule has 0 heterocycles. The number of benzene rings is 2. The molecule has 2 aromatic rings. The van der Waals surface area contributed by atoms with Crippen molar-refractivity contribution < 1.29 is 23.8 Å². The summed E-state index contributed by atoms with van der Waals surface area (Å²) < 4.78 is 15.0. The number of carbonyl (C=O) groups excluding carboxylic acids is 2. The maximum Gasteiger partial charge on any atom is 0.335 e. The molecular weight excluding hydrogens is 296 g/mol. The molecule has 0 N–H and O–H groups in total. The van der Waals surface area contributed by atoms with Gasteiger partial charge in [-0.25, -0.2) is 9.59 Å². The third-order valence-corrected chi connectivity index (χ3v) is 2.78. The molecule has 0 spiro atoms. The fourth-order valence-corrected chi connectivity index (χ4v) is 1.75. The van der Waals surface area contributed by atoms with Gasteiger partial charge < -0.3 is 14.2 Å². The highest BCUT2D eigenvalue weighted by Gasteiger charge is 2.02. The molecule has 0 radical (unpaired) electrons. The SMILES string of the molecule is C=CC(=O)O/C=C\Oc1ccc2cc(OC(=O)C=C)ccc2c1. The molecule has 2 rings (SSSR count). The second kappa shape index (κ2) is 7.61. The third-order valence-electron chi connectivity index (χ3n) is 2.78. The van der Waals surface area contributed by atoms with Crippen LogP contribution < -0.4 is 9.47 Å². The Morgan fingerprint density at radius 2 is 1.43 bits per heavy atom. The lowest BCUT2D eigenvalue weighted by Crippen LogP contribution is -2.02. The summed E-state index contributed by atoms with van der Waals surface area (Å²) in [6.07, 6.45) is 4.54. The number of hydrogen-bond acceptors (Lipinski definition) is 5. The lowest BCUT2D eigenvalue weighted by Gasteiger charge is -2.05. The number of hydrogen-bond donors (Lipinski definition) is 0. The Bertz CT molecular complexity index is 789. The molecular formula is C18H14O5. The van der Waals surface area contributed by atoms with E-state index in [9.17, 15) is 9.59 Å². The van der Waals surface area contributed by atoms with E-state index in [-0.39, 0.29) is 0 Å². The lowest BCUT2D eigenvalue weighted by atomic mass is 10.1. The van der Waals surface area contributed by atoms with Gasteiger partial charge in [0.2, 0.25) is 0 Å². The smallest absolute Gasteiger partial charge is 0.335 e. The highest BCUT2D eigenvalue weighted by molar-refractivity contribution is 5.87. The topological polar surface area (TPSA) is 61.8 Å². The van der Waals surface area contributed by atoms with Gasteiger partial charge in [-0.05, 0) is 35.0 Å². The van der Waals surface area contributed by atoms with E-state index in [0.29, 0.717) is 11.5 Å². The van der Waals surface area contributed by atoms with Gasteiger partial charge in [0.25, 0.3) is 0 Å². The summed E-state index contributed by atoms with van der Waals surface area (Å²) in [4.78, 5) is 22.0. The summed E-state index contributed by atoms with van der Waals surface area (Å²) >= 11 is 0. The van der Waals surface area contributed by atoms with Crippen molar-refractivity contribution in [2.45, 2.75) is 0 Å². The van der Waals surface area contributed by atoms with E-state index in [2.05, 4.69) is 17.9 Å². The molecule has 0 unspecified atom stereocenters. The fourth-order valence-electron chi connectivity index (χ4n) is 1.75. The van der Waals surface area contributed by atoms with Crippen molar-refractivity contribution in [2.24, 2.45) is 0 Å². The second-order valence-corrected chi connectivity index (χ2v) is 4.33. The Kier molecular flexibility index (Phi) is 5.30. The molecule has 0 aliphatic heterocycles. The molecule has 0 fully saturated rings. The quantitative estimate of drug-likeness (QED) is 0.353. The Labute approximate surface area is 133 Å². The number of fused-ring (bicyclic) bond motifs is 1. The Morgan fingerprint density at radius 3 is 2.09 bits per heavy atom. The lowest BCUT2D eigenvalue weighted by molar-refractivity contribution is -0.132. The molecule has 0 saturated carbocycles. The third kappa shape index (κ3) is 4.57. The minimum atomic E-state index is -0.565. The van der Waals surface area contributed by atoms with Gasteiger partial charge in [0, 0.05) is 12.2 Å². The minimum Gasteiger partial charge on any atom is -0.462 e. The molecule has 116 valence electrons. The van der Waals surface area contributed by atoms with Crippen molar-refractivity contribution in [3.05, 3.63) is 74.2 Å². The van der Waals surface area contributed by atoms with E-state index in [0.717, 1.165) is 29.2 Å². The van der Waals surface area contributed by atoms with Gasteiger partial charge in [0.1, 0.15) is 24.0 Å². The Balaban J connectivity index is 2.09. The van der Waals surface area contributed by atoms with Gasteiger partial charge in [-0.3, -0.25) is 0 Å². The van der Waals surface area contributed by atoms with Crippen LogP contribution in [0.1, 0.15) is 0 Å². The van der Waals surface area contributed by atoms with Crippen LogP contribution in [-0.4, -0.2) is 11.9 Å². The first-order valence-corrected chi connectivity index (χ1v) is 6.65. The predicted molar refractivity (Wildman–Crippen MR) is 85.8 cm³/mol. The summed E-state index contributed by atoms with van der Waals surface area (Å²) in [6.45, 7) is 6.62. The zero-order chi connectivity index (χ0) is 16.7. The molecule has 5 nitrogen and oxygen atoms in total. The molecule has 0 saturated heterocycles. The molecule has 0 aliphatic carbocycles. The van der Waals surface area contributed by atoms with E-state index >= 15 is 0 Å². The van der Waals surface area contributed by atoms with Gasteiger partial charge >= 0.3 is 11.9 Å². The largest absolute Gasteiger partial charge is 0.462 e. The van der Waals surface area contributed by atoms with Crippen LogP contribution in [0.15, 0.2) is 74.2 Å². The average Bonchev–Trinajstić information content (AvgIpc) is 2.58. The zero-order valence-electron chi connectivity index (χ0n) is 12.2. The van der Waals surface area contributed by atoms with Crippen LogP contribution in [0.2, 0.25) is 0 Å². The first kappa shape index (κ1) is 16.0. The molecule has 5 heteroatoms. The highest BCUT2D eigenvalue weighted by atomic mass is 16.5. The number of carbonyl (C=O) groups is 2. The van der Waals surface area contributed by atoms with Crippen LogP contribution in [0.3, 0.4) is 0 Å². The molecule has 0 aromatic heterocycles. The normalized spacial score (nSPS) is 10.3. The number of esters is 2.